The number of alkyl halides is 3. The van der Waals surface area contributed by atoms with Gasteiger partial charge in [-0.3, -0.25) is 0 Å². The Morgan fingerprint density at radius 2 is 1.83 bits per heavy atom. The van der Waals surface area contributed by atoms with Crippen LogP contribution in [0.4, 0.5) is 17.7 Å². The van der Waals surface area contributed by atoms with Crippen LogP contribution in [0.25, 0.3) is 0 Å². The maximum atomic E-state index is 11.9. The van der Waals surface area contributed by atoms with Crippen molar-refractivity contribution in [1.82, 2.24) is 0 Å². The summed E-state index contributed by atoms with van der Waals surface area (Å²) in [5, 5.41) is 0. The SMILES string of the molecule is O=P(OF)(OBr)OC(F)C(F)F. The lowest BCUT2D eigenvalue weighted by Gasteiger charge is -2.11. The van der Waals surface area contributed by atoms with Crippen LogP contribution in [-0.4, -0.2) is 12.8 Å². The molecule has 12 heavy (non-hydrogen) atoms. The van der Waals surface area contributed by atoms with Gasteiger partial charge in [0, 0.05) is 0 Å². The molecule has 0 spiro atoms. The molecule has 0 fully saturated rings. The molecule has 0 heterocycles. The van der Waals surface area contributed by atoms with E-state index in [1.165, 1.54) is 0 Å². The summed E-state index contributed by atoms with van der Waals surface area (Å²) in [5.41, 5.74) is 0. The van der Waals surface area contributed by atoms with Crippen molar-refractivity contribution >= 4 is 24.1 Å². The summed E-state index contributed by atoms with van der Waals surface area (Å²) in [4.78, 5) is 0. The van der Waals surface area contributed by atoms with E-state index < -0.39 is 20.6 Å². The molecule has 0 aliphatic carbocycles. The van der Waals surface area contributed by atoms with Crippen molar-refractivity contribution in [3.8, 4) is 0 Å². The van der Waals surface area contributed by atoms with Gasteiger partial charge in [0.2, 0.25) is 0 Å². The van der Waals surface area contributed by atoms with E-state index in [1.807, 2.05) is 16.3 Å². The van der Waals surface area contributed by atoms with Gasteiger partial charge in [0.15, 0.2) is 0 Å². The van der Waals surface area contributed by atoms with E-state index in [9.17, 15) is 22.3 Å². The van der Waals surface area contributed by atoms with Gasteiger partial charge in [0.1, 0.15) is 16.3 Å². The first kappa shape index (κ1) is 12.3. The quantitative estimate of drug-likeness (QED) is 0.572. The van der Waals surface area contributed by atoms with E-state index in [4.69, 9.17) is 0 Å². The van der Waals surface area contributed by atoms with Crippen molar-refractivity contribution in [2.75, 3.05) is 0 Å². The van der Waals surface area contributed by atoms with Gasteiger partial charge in [0.05, 0.1) is 0 Å². The molecule has 0 aromatic heterocycles. The predicted molar refractivity (Wildman–Crippen MR) is 31.8 cm³/mol. The molecule has 0 aliphatic rings. The highest BCUT2D eigenvalue weighted by atomic mass is 79.9. The molecule has 0 amide bonds. The molecular weight excluding hydrogens is 275 g/mol. The highest BCUT2D eigenvalue weighted by Gasteiger charge is 2.36. The zero-order valence-corrected chi connectivity index (χ0v) is 7.61. The molecule has 74 valence electrons. The van der Waals surface area contributed by atoms with Gasteiger partial charge in [0.25, 0.3) is 12.8 Å². The largest absolute Gasteiger partial charge is 0.519 e. The van der Waals surface area contributed by atoms with Gasteiger partial charge >= 0.3 is 7.82 Å². The van der Waals surface area contributed by atoms with Crippen LogP contribution in [0.1, 0.15) is 0 Å². The van der Waals surface area contributed by atoms with Crippen LogP contribution >= 0.6 is 24.1 Å². The van der Waals surface area contributed by atoms with Crippen LogP contribution in [0.15, 0.2) is 0 Å². The Hall–Kier alpha value is 0.310. The molecule has 2 unspecified atom stereocenters. The molecule has 10 heteroatoms. The van der Waals surface area contributed by atoms with E-state index in [-0.39, 0.29) is 0 Å². The molecule has 0 rings (SSSR count). The molecule has 0 N–H and O–H groups in total. The molecule has 0 saturated heterocycles. The highest BCUT2D eigenvalue weighted by Crippen LogP contribution is 2.53. The Morgan fingerprint density at radius 1 is 1.33 bits per heavy atom. The zero-order chi connectivity index (χ0) is 9.78. The minimum atomic E-state index is -4.90. The Balaban J connectivity index is 4.12. The molecule has 2 atom stereocenters. The molecule has 4 nitrogen and oxygen atoms in total. The van der Waals surface area contributed by atoms with Crippen LogP contribution in [0.5, 0.6) is 0 Å². The minimum Gasteiger partial charge on any atom is -0.243 e. The second-order valence-corrected chi connectivity index (χ2v) is 3.63. The number of phosphoric acid groups is 1. The summed E-state index contributed by atoms with van der Waals surface area (Å²) in [6.07, 6.45) is -6.82. The Bertz CT molecular complexity index is 170. The van der Waals surface area contributed by atoms with E-state index in [2.05, 4.69) is 12.9 Å². The third-order valence-corrected chi connectivity index (χ3v) is 2.46. The smallest absolute Gasteiger partial charge is 0.243 e. The minimum absolute atomic E-state index is 1.95. The van der Waals surface area contributed by atoms with Crippen LogP contribution in [-0.2, 0) is 17.4 Å². The average molecular weight is 277 g/mol. The van der Waals surface area contributed by atoms with E-state index >= 15 is 0 Å². The fourth-order valence-corrected chi connectivity index (χ4v) is 0.976. The third kappa shape index (κ3) is 3.81. The lowest BCUT2D eigenvalue weighted by atomic mass is 10.7. The summed E-state index contributed by atoms with van der Waals surface area (Å²) >= 11 is 1.95. The molecule has 0 radical (unpaired) electrons. The van der Waals surface area contributed by atoms with Crippen molar-refractivity contribution in [2.24, 2.45) is 0 Å². The molecule has 0 bridgehead atoms. The van der Waals surface area contributed by atoms with Crippen molar-refractivity contribution < 1.29 is 35.1 Å². The summed E-state index contributed by atoms with van der Waals surface area (Å²) < 4.78 is 65.5. The van der Waals surface area contributed by atoms with Crippen LogP contribution in [0, 0.1) is 0 Å². The Kier molecular flexibility index (Phi) is 5.26. The van der Waals surface area contributed by atoms with Gasteiger partial charge in [-0.25, -0.2) is 25.9 Å². The first-order chi connectivity index (χ1) is 5.45. The summed E-state index contributed by atoms with van der Waals surface area (Å²) in [7, 11) is -4.90. The van der Waals surface area contributed by atoms with Gasteiger partial charge in [-0.1, -0.05) is 4.73 Å². The summed E-state index contributed by atoms with van der Waals surface area (Å²) in [6, 6.07) is 0. The highest BCUT2D eigenvalue weighted by molar-refractivity contribution is 9.06. The predicted octanol–water partition coefficient (Wildman–Crippen LogP) is 2.90. The van der Waals surface area contributed by atoms with Crippen LogP contribution in [0.3, 0.4) is 0 Å². The number of hydrogen-bond acceptors (Lipinski definition) is 4. The second-order valence-electron chi connectivity index (χ2n) is 1.38. The van der Waals surface area contributed by atoms with Gasteiger partial charge < -0.3 is 0 Å². The lowest BCUT2D eigenvalue weighted by Crippen LogP contribution is -2.14. The first-order valence-corrected chi connectivity index (χ1v) is 4.37. The Labute approximate surface area is 72.7 Å². The van der Waals surface area contributed by atoms with Crippen molar-refractivity contribution in [3.05, 3.63) is 0 Å². The van der Waals surface area contributed by atoms with E-state index in [1.54, 1.807) is 0 Å². The van der Waals surface area contributed by atoms with E-state index in [0.717, 1.165) is 0 Å². The van der Waals surface area contributed by atoms with Gasteiger partial charge in [-0.15, -0.1) is 0 Å². The summed E-state index contributed by atoms with van der Waals surface area (Å²) in [6.45, 7) is 0. The molecule has 0 aromatic rings. The average Bonchev–Trinajstić information content (AvgIpc) is 2.04. The second kappa shape index (κ2) is 5.13. The third-order valence-electron chi connectivity index (χ3n) is 0.597. The fourth-order valence-electron chi connectivity index (χ4n) is 0.213. The monoisotopic (exact) mass is 276 g/mol. The molecule has 0 saturated carbocycles. The number of halogens is 5. The van der Waals surface area contributed by atoms with Gasteiger partial charge in [-0.2, -0.15) is 0 Å². The van der Waals surface area contributed by atoms with Crippen LogP contribution in [0.2, 0.25) is 0 Å². The zero-order valence-electron chi connectivity index (χ0n) is 5.12. The lowest BCUT2D eigenvalue weighted by molar-refractivity contribution is -0.110. The van der Waals surface area contributed by atoms with Crippen LogP contribution < -0.4 is 0 Å². The van der Waals surface area contributed by atoms with E-state index in [0.29, 0.717) is 0 Å². The molecular formula is C2H2BrF4O4P. The normalized spacial score (nSPS) is 19.2. The maximum Gasteiger partial charge on any atom is 0.519 e. The topological polar surface area (TPSA) is 44.8 Å². The molecule has 0 aromatic carbocycles. The first-order valence-electron chi connectivity index (χ1n) is 2.26. The number of rotatable bonds is 5. The standard InChI is InChI=1S/C2H2BrF4O4P/c3-10-12(8,11-7)9-2(6)1(4)5/h1-2H. The van der Waals surface area contributed by atoms with Gasteiger partial charge in [-0.05, 0) is 4.53 Å². The Morgan fingerprint density at radius 3 is 2.08 bits per heavy atom. The maximum absolute atomic E-state index is 11.9. The molecule has 0 aliphatic heterocycles. The fraction of sp³-hybridized carbons (Fsp3) is 1.00. The summed E-state index contributed by atoms with van der Waals surface area (Å²) in [5.74, 6) is 0. The number of hydrogen-bond donors (Lipinski definition) is 0. The van der Waals surface area contributed by atoms with Crippen molar-refractivity contribution in [1.29, 1.82) is 0 Å². The van der Waals surface area contributed by atoms with Crippen molar-refractivity contribution in [3.63, 3.8) is 0 Å². The van der Waals surface area contributed by atoms with Crippen molar-refractivity contribution in [2.45, 2.75) is 12.8 Å².